The molecule has 114 valence electrons. The topological polar surface area (TPSA) is 12.0 Å². The van der Waals surface area contributed by atoms with Crippen LogP contribution in [0.2, 0.25) is 0 Å². The van der Waals surface area contributed by atoms with E-state index in [2.05, 4.69) is 85.6 Å². The van der Waals surface area contributed by atoms with Crippen LogP contribution in [-0.2, 0) is 0 Å². The highest BCUT2D eigenvalue weighted by atomic mass is 14.8. The van der Waals surface area contributed by atoms with E-state index in [1.807, 2.05) is 13.1 Å². The molecule has 3 aromatic rings. The van der Waals surface area contributed by atoms with Gasteiger partial charge in [-0.3, -0.25) is 0 Å². The summed E-state index contributed by atoms with van der Waals surface area (Å²) in [4.78, 5) is 0. The molecule has 0 saturated carbocycles. The van der Waals surface area contributed by atoms with Gasteiger partial charge in [-0.15, -0.1) is 0 Å². The van der Waals surface area contributed by atoms with Crippen LogP contribution in [0.1, 0.15) is 6.92 Å². The van der Waals surface area contributed by atoms with Gasteiger partial charge in [0, 0.05) is 12.7 Å². The second kappa shape index (κ2) is 6.53. The molecule has 0 atom stereocenters. The van der Waals surface area contributed by atoms with Crippen molar-refractivity contribution < 1.29 is 0 Å². The normalized spacial score (nSPS) is 12.6. The van der Waals surface area contributed by atoms with Crippen molar-refractivity contribution in [3.8, 4) is 11.1 Å². The Morgan fingerprint density at radius 1 is 0.957 bits per heavy atom. The number of allylic oxidation sites excluding steroid dienone is 1. The van der Waals surface area contributed by atoms with Gasteiger partial charge in [-0.25, -0.2) is 0 Å². The molecule has 23 heavy (non-hydrogen) atoms. The number of hydrogen-bond donors (Lipinski definition) is 1. The molecule has 1 heteroatoms. The Balaban J connectivity index is 2.40. The molecule has 0 aliphatic heterocycles. The van der Waals surface area contributed by atoms with Crippen molar-refractivity contribution >= 4 is 28.6 Å². The van der Waals surface area contributed by atoms with Crippen molar-refractivity contribution in [1.82, 2.24) is 0 Å². The number of hydrogen-bond acceptors (Lipinski definition) is 1. The molecule has 0 bridgehead atoms. The number of nitrogens with one attached hydrogen (secondary N) is 1. The van der Waals surface area contributed by atoms with Crippen LogP contribution in [0.4, 0.5) is 5.69 Å². The average molecular weight is 299 g/mol. The van der Waals surface area contributed by atoms with Gasteiger partial charge in [-0.2, -0.15) is 0 Å². The molecule has 0 spiro atoms. The molecule has 0 aliphatic carbocycles. The Hall–Kier alpha value is -2.80. The maximum atomic E-state index is 3.86. The van der Waals surface area contributed by atoms with Gasteiger partial charge in [0.2, 0.25) is 0 Å². The maximum absolute atomic E-state index is 3.86. The summed E-state index contributed by atoms with van der Waals surface area (Å²) in [7, 11) is 1.94. The molecule has 0 unspecified atom stereocenters. The van der Waals surface area contributed by atoms with Crippen LogP contribution in [0.25, 0.3) is 34.1 Å². The first-order valence-electron chi connectivity index (χ1n) is 7.87. The zero-order valence-electron chi connectivity index (χ0n) is 13.6. The Morgan fingerprint density at radius 3 is 2.26 bits per heavy atom. The standard InChI is InChI=1S/C22H21N/c1-4-8-19-16(5-2)15-22(21-10-7-6-9-20(19)21)17-11-13-18(23-3)14-12-17/h4-15,23H,1H2,2-3H3/b16-5-,19-8+. The van der Waals surface area contributed by atoms with E-state index in [-0.39, 0.29) is 0 Å². The lowest BCUT2D eigenvalue weighted by molar-refractivity contribution is 1.50. The summed E-state index contributed by atoms with van der Waals surface area (Å²) in [5.74, 6) is 0. The summed E-state index contributed by atoms with van der Waals surface area (Å²) in [6.07, 6.45) is 6.11. The van der Waals surface area contributed by atoms with Crippen LogP contribution in [0.5, 0.6) is 0 Å². The van der Waals surface area contributed by atoms with E-state index >= 15 is 0 Å². The Bertz CT molecular complexity index is 963. The first-order valence-corrected chi connectivity index (χ1v) is 7.87. The molecular formula is C22H21N. The highest BCUT2D eigenvalue weighted by Gasteiger charge is 2.06. The zero-order chi connectivity index (χ0) is 16.2. The van der Waals surface area contributed by atoms with Gasteiger partial charge in [-0.05, 0) is 57.5 Å². The summed E-state index contributed by atoms with van der Waals surface area (Å²) in [5.41, 5.74) is 3.61. The summed E-state index contributed by atoms with van der Waals surface area (Å²) in [6.45, 7) is 5.94. The van der Waals surface area contributed by atoms with Gasteiger partial charge >= 0.3 is 0 Å². The number of fused-ring (bicyclic) bond motifs is 1. The number of benzene rings is 3. The van der Waals surface area contributed by atoms with Gasteiger partial charge in [0.25, 0.3) is 0 Å². The molecule has 0 heterocycles. The molecule has 0 fully saturated rings. The molecular weight excluding hydrogens is 278 g/mol. The van der Waals surface area contributed by atoms with Crippen molar-refractivity contribution in [3.05, 3.63) is 77.7 Å². The van der Waals surface area contributed by atoms with E-state index in [1.54, 1.807) is 0 Å². The van der Waals surface area contributed by atoms with E-state index in [9.17, 15) is 0 Å². The summed E-state index contributed by atoms with van der Waals surface area (Å²) in [6, 6.07) is 19.4. The van der Waals surface area contributed by atoms with Crippen LogP contribution in [0, 0.1) is 0 Å². The smallest absolute Gasteiger partial charge is 0.0337 e. The number of rotatable bonds is 3. The minimum Gasteiger partial charge on any atom is -0.388 e. The Morgan fingerprint density at radius 2 is 1.65 bits per heavy atom. The van der Waals surface area contributed by atoms with Gasteiger partial charge in [0.05, 0.1) is 0 Å². The molecule has 0 saturated heterocycles. The lowest BCUT2D eigenvalue weighted by Gasteiger charge is -2.10. The maximum Gasteiger partial charge on any atom is 0.0337 e. The largest absolute Gasteiger partial charge is 0.388 e. The fourth-order valence-electron chi connectivity index (χ4n) is 3.02. The molecule has 0 amide bonds. The molecule has 0 radical (unpaired) electrons. The number of anilines is 1. The van der Waals surface area contributed by atoms with Crippen molar-refractivity contribution in [2.45, 2.75) is 6.92 Å². The van der Waals surface area contributed by atoms with E-state index < -0.39 is 0 Å². The molecule has 3 rings (SSSR count). The summed E-state index contributed by atoms with van der Waals surface area (Å²) < 4.78 is 0. The highest BCUT2D eigenvalue weighted by Crippen LogP contribution is 2.26. The third-order valence-corrected chi connectivity index (χ3v) is 4.20. The zero-order valence-corrected chi connectivity index (χ0v) is 13.6. The van der Waals surface area contributed by atoms with Gasteiger partial charge in [-0.1, -0.05) is 61.2 Å². The second-order valence-corrected chi connectivity index (χ2v) is 5.49. The van der Waals surface area contributed by atoms with Crippen LogP contribution < -0.4 is 15.8 Å². The minimum atomic E-state index is 1.12. The third kappa shape index (κ3) is 2.78. The molecule has 3 aromatic carbocycles. The molecule has 0 aromatic heterocycles. The van der Waals surface area contributed by atoms with Crippen LogP contribution in [0.15, 0.2) is 67.3 Å². The summed E-state index contributed by atoms with van der Waals surface area (Å²) >= 11 is 0. The van der Waals surface area contributed by atoms with E-state index in [4.69, 9.17) is 0 Å². The lowest BCUT2D eigenvalue weighted by Crippen LogP contribution is -2.25. The molecule has 1 N–H and O–H groups in total. The third-order valence-electron chi connectivity index (χ3n) is 4.20. The minimum absolute atomic E-state index is 1.12. The predicted molar refractivity (Wildman–Crippen MR) is 103 cm³/mol. The van der Waals surface area contributed by atoms with Crippen LogP contribution >= 0.6 is 0 Å². The first-order chi connectivity index (χ1) is 11.3. The van der Waals surface area contributed by atoms with Crippen molar-refractivity contribution in [3.63, 3.8) is 0 Å². The average Bonchev–Trinajstić information content (AvgIpc) is 2.62. The van der Waals surface area contributed by atoms with Crippen LogP contribution in [0.3, 0.4) is 0 Å². The Labute approximate surface area is 137 Å². The van der Waals surface area contributed by atoms with Gasteiger partial charge in [0.15, 0.2) is 0 Å². The fourth-order valence-corrected chi connectivity index (χ4v) is 3.02. The molecule has 1 nitrogen and oxygen atoms in total. The monoisotopic (exact) mass is 299 g/mol. The van der Waals surface area contributed by atoms with E-state index in [0.717, 1.165) is 5.69 Å². The van der Waals surface area contributed by atoms with Crippen molar-refractivity contribution in [2.75, 3.05) is 12.4 Å². The first kappa shape index (κ1) is 15.1. The fraction of sp³-hybridized carbons (Fsp3) is 0.0909. The summed E-state index contributed by atoms with van der Waals surface area (Å²) in [5, 5.41) is 8.16. The quantitative estimate of drug-likeness (QED) is 0.759. The molecule has 0 aliphatic rings. The highest BCUT2D eigenvalue weighted by molar-refractivity contribution is 5.97. The lowest BCUT2D eigenvalue weighted by atomic mass is 9.95. The van der Waals surface area contributed by atoms with E-state index in [0.29, 0.717) is 0 Å². The SMILES string of the molecule is C=C/C=c1\c(=C/C)cc(-c2ccc(NC)cc2)c2ccccc12. The van der Waals surface area contributed by atoms with Crippen molar-refractivity contribution in [1.29, 1.82) is 0 Å². The Kier molecular flexibility index (Phi) is 4.29. The van der Waals surface area contributed by atoms with Crippen molar-refractivity contribution in [2.24, 2.45) is 0 Å². The van der Waals surface area contributed by atoms with Gasteiger partial charge < -0.3 is 5.32 Å². The second-order valence-electron chi connectivity index (χ2n) is 5.49. The van der Waals surface area contributed by atoms with Crippen LogP contribution in [-0.4, -0.2) is 7.05 Å². The predicted octanol–water partition coefficient (Wildman–Crippen LogP) is 4.32. The van der Waals surface area contributed by atoms with Gasteiger partial charge in [0.1, 0.15) is 0 Å². The van der Waals surface area contributed by atoms with E-state index in [1.165, 1.54) is 32.3 Å².